The van der Waals surface area contributed by atoms with Crippen LogP contribution in [-0.4, -0.2) is 84.8 Å². The van der Waals surface area contributed by atoms with Gasteiger partial charge in [0.2, 0.25) is 0 Å². The van der Waals surface area contributed by atoms with Gasteiger partial charge in [0.25, 0.3) is 14.1 Å². The molecule has 1 saturated heterocycles. The minimum Gasteiger partial charge on any atom is -0.382 e. The summed E-state index contributed by atoms with van der Waals surface area (Å²) >= 11 is 0. The van der Waals surface area contributed by atoms with Gasteiger partial charge in [-0.3, -0.25) is 18.9 Å². The van der Waals surface area contributed by atoms with E-state index in [1.54, 1.807) is 20.8 Å². The zero-order chi connectivity index (χ0) is 32.2. The Morgan fingerprint density at radius 1 is 1.14 bits per heavy atom. The molecule has 0 bridgehead atoms. The predicted molar refractivity (Wildman–Crippen MR) is 162 cm³/mol. The molecule has 1 aromatic heterocycles. The number of aromatic nitrogens is 2. The molecule has 0 saturated carbocycles. The van der Waals surface area contributed by atoms with Crippen LogP contribution < -0.4 is 11.2 Å². The molecule has 5 atom stereocenters. The number of rotatable bonds is 19. The summed E-state index contributed by atoms with van der Waals surface area (Å²) in [5, 5.41) is 9.14. The number of hydrogen-bond acceptors (Lipinski definition) is 12. The summed E-state index contributed by atoms with van der Waals surface area (Å²) in [5.41, 5.74) is -0.925. The fraction of sp³-hybridized carbons (Fsp3) is 0.741. The Labute approximate surface area is 254 Å². The highest BCUT2D eigenvalue weighted by molar-refractivity contribution is 7.57. The monoisotopic (exact) mass is 648 g/mol. The Hall–Kier alpha value is -1.75. The number of methoxy groups -OCH3 is 1. The van der Waals surface area contributed by atoms with Crippen LogP contribution >= 0.6 is 16.1 Å². The molecule has 43 heavy (non-hydrogen) atoms. The lowest BCUT2D eigenvalue weighted by Crippen LogP contribution is -2.42. The van der Waals surface area contributed by atoms with E-state index in [2.05, 4.69) is 15.7 Å². The minimum absolute atomic E-state index is 0.00811. The molecular formula is C27H46N4O10P2. The maximum atomic E-state index is 13.3. The summed E-state index contributed by atoms with van der Waals surface area (Å²) in [5.74, 6) is 1.32. The average Bonchev–Trinajstić information content (AvgIpc) is 3.26. The van der Waals surface area contributed by atoms with E-state index in [0.29, 0.717) is 5.56 Å². The Bertz CT molecular complexity index is 1210. The van der Waals surface area contributed by atoms with Gasteiger partial charge in [0, 0.05) is 36.8 Å². The van der Waals surface area contributed by atoms with Crippen molar-refractivity contribution in [1.82, 2.24) is 14.2 Å². The summed E-state index contributed by atoms with van der Waals surface area (Å²) < 4.78 is 58.1. The van der Waals surface area contributed by atoms with Gasteiger partial charge in [0.15, 0.2) is 6.23 Å². The number of hydrogen-bond donors (Lipinski definition) is 1. The first kappa shape index (κ1) is 37.4. The van der Waals surface area contributed by atoms with Crippen LogP contribution in [0.25, 0.3) is 0 Å². The molecule has 2 heterocycles. The molecule has 0 spiro atoms. The second-order valence-electron chi connectivity index (χ2n) is 10.1. The molecule has 1 aliphatic rings. The van der Waals surface area contributed by atoms with E-state index < -0.39 is 51.9 Å². The van der Waals surface area contributed by atoms with E-state index in [0.717, 1.165) is 0 Å². The van der Waals surface area contributed by atoms with Crippen LogP contribution in [0.3, 0.4) is 0 Å². The average molecular weight is 649 g/mol. The first-order valence-corrected chi connectivity index (χ1v) is 17.1. The van der Waals surface area contributed by atoms with Crippen molar-refractivity contribution in [2.24, 2.45) is 0 Å². The number of H-pyrrole nitrogens is 1. The normalized spacial score (nSPS) is 21.8. The van der Waals surface area contributed by atoms with Crippen LogP contribution in [0, 0.1) is 18.3 Å². The van der Waals surface area contributed by atoms with Crippen molar-refractivity contribution in [3.63, 3.8) is 0 Å². The highest BCUT2D eigenvalue weighted by atomic mass is 31.2. The maximum absolute atomic E-state index is 13.3. The van der Waals surface area contributed by atoms with Crippen LogP contribution in [0.15, 0.2) is 27.7 Å². The van der Waals surface area contributed by atoms with E-state index in [4.69, 9.17) is 37.6 Å². The number of ether oxygens (including phenoxy) is 3. The molecule has 2 rings (SSSR count). The first-order valence-electron chi connectivity index (χ1n) is 14.3. The highest BCUT2D eigenvalue weighted by Gasteiger charge is 2.49. The Morgan fingerprint density at radius 2 is 1.79 bits per heavy atom. The van der Waals surface area contributed by atoms with E-state index in [-0.39, 0.29) is 51.5 Å². The largest absolute Gasteiger partial charge is 0.382 e. The van der Waals surface area contributed by atoms with Gasteiger partial charge >= 0.3 is 13.3 Å². The molecule has 0 radical (unpaired) electrons. The van der Waals surface area contributed by atoms with Crippen LogP contribution in [0.5, 0.6) is 0 Å². The van der Waals surface area contributed by atoms with Crippen LogP contribution in [0.2, 0.25) is 0 Å². The molecule has 16 heteroatoms. The lowest BCUT2D eigenvalue weighted by Gasteiger charge is -2.38. The molecule has 244 valence electrons. The van der Waals surface area contributed by atoms with Crippen LogP contribution in [-0.2, 0) is 36.9 Å². The summed E-state index contributed by atoms with van der Waals surface area (Å²) in [6, 6.07) is 2.10. The van der Waals surface area contributed by atoms with E-state index in [9.17, 15) is 14.2 Å². The zero-order valence-electron chi connectivity index (χ0n) is 26.3. The third-order valence-electron chi connectivity index (χ3n) is 6.19. The lowest BCUT2D eigenvalue weighted by molar-refractivity contribution is -0.0767. The summed E-state index contributed by atoms with van der Waals surface area (Å²) in [7, 11) is -3.87. The molecule has 1 aromatic rings. The molecule has 0 aliphatic carbocycles. The van der Waals surface area contributed by atoms with Crippen LogP contribution in [0.4, 0.5) is 0 Å². The van der Waals surface area contributed by atoms with Gasteiger partial charge in [-0.05, 0) is 54.5 Å². The molecule has 1 aliphatic heterocycles. The van der Waals surface area contributed by atoms with Crippen molar-refractivity contribution in [3.05, 3.63) is 44.5 Å². The number of nitrogens with one attached hydrogen (secondary N) is 1. The first-order chi connectivity index (χ1) is 20.4. The van der Waals surface area contributed by atoms with Gasteiger partial charge < -0.3 is 32.3 Å². The molecular weight excluding hydrogens is 602 g/mol. The third-order valence-corrected chi connectivity index (χ3v) is 10.1. The zero-order valence-corrected chi connectivity index (χ0v) is 28.0. The molecule has 1 unspecified atom stereocenters. The predicted octanol–water partition coefficient (Wildman–Crippen LogP) is 4.22. The van der Waals surface area contributed by atoms with E-state index in [1.165, 1.54) is 29.8 Å². The van der Waals surface area contributed by atoms with Crippen LogP contribution in [0.1, 0.15) is 59.8 Å². The second-order valence-corrected chi connectivity index (χ2v) is 13.4. The van der Waals surface area contributed by atoms with Crippen molar-refractivity contribution in [1.29, 1.82) is 5.26 Å². The number of aromatic amines is 1. The van der Waals surface area contributed by atoms with Gasteiger partial charge in [0.1, 0.15) is 18.3 Å². The van der Waals surface area contributed by atoms with E-state index >= 15 is 0 Å². The van der Waals surface area contributed by atoms with Crippen molar-refractivity contribution in [2.45, 2.75) is 91.5 Å². The molecule has 1 N–H and O–H groups in total. The molecule has 0 aromatic carbocycles. The third kappa shape index (κ3) is 10.7. The lowest BCUT2D eigenvalue weighted by atomic mass is 10.1. The van der Waals surface area contributed by atoms with Gasteiger partial charge in [-0.25, -0.2) is 9.46 Å². The topological polar surface area (TPSA) is 164 Å². The second kappa shape index (κ2) is 18.3. The molecule has 1 fully saturated rings. The Morgan fingerprint density at radius 3 is 2.35 bits per heavy atom. The fourth-order valence-electron chi connectivity index (χ4n) is 4.46. The van der Waals surface area contributed by atoms with Gasteiger partial charge in [-0.1, -0.05) is 0 Å². The fourth-order valence-corrected chi connectivity index (χ4v) is 7.56. The number of nitrogens with zero attached hydrogens (tertiary/aromatic N) is 3. The Balaban J connectivity index is 2.68. The quantitative estimate of drug-likeness (QED) is 0.168. The van der Waals surface area contributed by atoms with Gasteiger partial charge in [-0.2, -0.15) is 5.26 Å². The smallest absolute Gasteiger partial charge is 0.353 e. The molecule has 0 amide bonds. The van der Waals surface area contributed by atoms with Crippen molar-refractivity contribution < 1.29 is 36.9 Å². The van der Waals surface area contributed by atoms with Crippen molar-refractivity contribution >= 4 is 16.1 Å². The van der Waals surface area contributed by atoms with Gasteiger partial charge in [-0.15, -0.1) is 0 Å². The maximum Gasteiger partial charge on any atom is 0.353 e. The number of nitriles is 1. The SMILES string of the molecule is CCOP(=O)(/C=C\[C@H]1O[C@@H](n2cc(C)c(=O)[nH]c2=O)[C@H](OCCOC)[C@@H]1OP(OCCC#N)N(C(C)C)C(C)C)OCC. The van der Waals surface area contributed by atoms with Gasteiger partial charge in [0.05, 0.1) is 45.5 Å². The van der Waals surface area contributed by atoms with Crippen molar-refractivity contribution in [3.8, 4) is 6.07 Å². The number of aryl methyl sites for hydroxylation is 1. The Kier molecular flexibility index (Phi) is 15.9. The molecule has 14 nitrogen and oxygen atoms in total. The standard InChI is InChI=1S/C27H46N4O10P2/c1-9-38-43(34,39-10-2)17-12-22-23(41-42(37-14-11-13-28)31(19(3)4)20(5)6)24(36-16-15-35-8)26(40-22)30-18-21(7)25(32)29-27(30)33/h12,17-20,22-24,26H,9-11,14-16H2,1-8H3,(H,29,32,33)/b17-12-/t22-,23-,24-,26-,42?/m1/s1. The highest BCUT2D eigenvalue weighted by Crippen LogP contribution is 2.53. The summed E-state index contributed by atoms with van der Waals surface area (Å²) in [6.45, 7) is 13.8. The van der Waals surface area contributed by atoms with E-state index in [1.807, 2.05) is 27.7 Å². The minimum atomic E-state index is -3.63. The summed E-state index contributed by atoms with van der Waals surface area (Å²) in [6.07, 6.45) is -0.708. The summed E-state index contributed by atoms with van der Waals surface area (Å²) in [4.78, 5) is 27.4. The van der Waals surface area contributed by atoms with Crippen molar-refractivity contribution in [2.75, 3.05) is 40.1 Å².